The predicted octanol–water partition coefficient (Wildman–Crippen LogP) is 2.89. The van der Waals surface area contributed by atoms with Gasteiger partial charge >= 0.3 is 6.09 Å². The zero-order valence-corrected chi connectivity index (χ0v) is 21.0. The number of likely N-dealkylation sites (tertiary alicyclic amines) is 1. The molecule has 1 saturated heterocycles. The van der Waals surface area contributed by atoms with E-state index in [1.807, 2.05) is 43.3 Å². The van der Waals surface area contributed by atoms with E-state index in [0.717, 1.165) is 16.8 Å². The number of pyridine rings is 1. The number of carbonyl (C=O) groups is 3. The van der Waals surface area contributed by atoms with Gasteiger partial charge in [-0.1, -0.05) is 36.4 Å². The minimum Gasteiger partial charge on any atom is -0.444 e. The van der Waals surface area contributed by atoms with Gasteiger partial charge in [0.1, 0.15) is 23.5 Å². The summed E-state index contributed by atoms with van der Waals surface area (Å²) < 4.78 is 5.56. The van der Waals surface area contributed by atoms with Gasteiger partial charge in [0.05, 0.1) is 0 Å². The maximum atomic E-state index is 13.2. The molecule has 3 atom stereocenters. The number of carbonyl (C=O) groups excluding carboxylic acids is 3. The first-order valence-corrected chi connectivity index (χ1v) is 11.8. The third kappa shape index (κ3) is 6.94. The summed E-state index contributed by atoms with van der Waals surface area (Å²) in [5.74, 6) is -0.319. The van der Waals surface area contributed by atoms with Crippen LogP contribution in [-0.2, 0) is 20.9 Å². The van der Waals surface area contributed by atoms with Crippen molar-refractivity contribution in [2.45, 2.75) is 71.2 Å². The van der Waals surface area contributed by atoms with E-state index in [-0.39, 0.29) is 24.3 Å². The summed E-state index contributed by atoms with van der Waals surface area (Å²) in [6, 6.07) is 11.7. The van der Waals surface area contributed by atoms with E-state index >= 15 is 0 Å². The van der Waals surface area contributed by atoms with Crippen molar-refractivity contribution >= 4 is 23.7 Å². The van der Waals surface area contributed by atoms with Crippen LogP contribution in [0.5, 0.6) is 0 Å². The van der Waals surface area contributed by atoms with E-state index in [1.165, 1.54) is 4.90 Å². The second-order valence-electron chi connectivity index (χ2n) is 9.92. The molecule has 1 aromatic heterocycles. The molecule has 2 aromatic rings. The Bertz CT molecular complexity index is 1070. The molecular formula is C26H35N5O4. The van der Waals surface area contributed by atoms with Gasteiger partial charge in [-0.2, -0.15) is 0 Å². The molecule has 0 saturated carbocycles. The highest BCUT2D eigenvalue weighted by atomic mass is 16.6. The van der Waals surface area contributed by atoms with Crippen molar-refractivity contribution in [2.75, 3.05) is 12.3 Å². The Kier molecular flexibility index (Phi) is 7.99. The fraction of sp³-hybridized carbons (Fsp3) is 0.462. The Morgan fingerprint density at radius 1 is 1.17 bits per heavy atom. The molecule has 1 aliphatic heterocycles. The van der Waals surface area contributed by atoms with Crippen molar-refractivity contribution in [2.24, 2.45) is 0 Å². The molecule has 188 valence electrons. The van der Waals surface area contributed by atoms with Gasteiger partial charge in [-0.05, 0) is 58.2 Å². The highest BCUT2D eigenvalue weighted by Gasteiger charge is 2.42. The SMILES string of the molecule is Cc1nc(N)ccc1CNC(=O)C(C)NC(=O)C1CC(c2ccccc2)CN1C(=O)OC(C)(C)C. The van der Waals surface area contributed by atoms with Crippen molar-refractivity contribution in [3.8, 4) is 0 Å². The van der Waals surface area contributed by atoms with E-state index in [1.54, 1.807) is 33.8 Å². The van der Waals surface area contributed by atoms with Gasteiger partial charge in [0.15, 0.2) is 0 Å². The number of hydrogen-bond donors (Lipinski definition) is 3. The second-order valence-corrected chi connectivity index (χ2v) is 9.92. The van der Waals surface area contributed by atoms with E-state index in [4.69, 9.17) is 10.5 Å². The number of benzene rings is 1. The van der Waals surface area contributed by atoms with Gasteiger partial charge in [0.2, 0.25) is 11.8 Å². The first kappa shape index (κ1) is 26.0. The molecule has 9 heteroatoms. The van der Waals surface area contributed by atoms with E-state index in [0.29, 0.717) is 18.8 Å². The number of aryl methyl sites for hydroxylation is 1. The molecule has 2 heterocycles. The van der Waals surface area contributed by atoms with Crippen LogP contribution in [0.15, 0.2) is 42.5 Å². The van der Waals surface area contributed by atoms with Crippen LogP contribution >= 0.6 is 0 Å². The maximum Gasteiger partial charge on any atom is 0.410 e. The molecule has 4 N–H and O–H groups in total. The average molecular weight is 482 g/mol. The van der Waals surface area contributed by atoms with Crippen molar-refractivity contribution in [1.82, 2.24) is 20.5 Å². The monoisotopic (exact) mass is 481 g/mol. The predicted molar refractivity (Wildman–Crippen MR) is 133 cm³/mol. The Hall–Kier alpha value is -3.62. The van der Waals surface area contributed by atoms with Crippen LogP contribution < -0.4 is 16.4 Å². The molecule has 9 nitrogen and oxygen atoms in total. The summed E-state index contributed by atoms with van der Waals surface area (Å²) in [6.07, 6.45) is -0.0979. The number of aromatic nitrogens is 1. The number of hydrogen-bond acceptors (Lipinski definition) is 6. The summed E-state index contributed by atoms with van der Waals surface area (Å²) >= 11 is 0. The number of rotatable bonds is 6. The Morgan fingerprint density at radius 3 is 2.49 bits per heavy atom. The third-order valence-electron chi connectivity index (χ3n) is 5.92. The Balaban J connectivity index is 1.66. The van der Waals surface area contributed by atoms with Gasteiger partial charge in [-0.3, -0.25) is 14.5 Å². The molecule has 0 radical (unpaired) electrons. The quantitative estimate of drug-likeness (QED) is 0.582. The number of nitrogens with two attached hydrogens (primary N) is 1. The normalized spacial score (nSPS) is 18.6. The first-order valence-electron chi connectivity index (χ1n) is 11.8. The minimum absolute atomic E-state index is 0.00964. The van der Waals surface area contributed by atoms with Crippen molar-refractivity contribution < 1.29 is 19.1 Å². The number of nitrogens with zero attached hydrogens (tertiary/aromatic N) is 2. The lowest BCUT2D eigenvalue weighted by atomic mass is 9.96. The smallest absolute Gasteiger partial charge is 0.410 e. The summed E-state index contributed by atoms with van der Waals surface area (Å²) in [4.78, 5) is 44.4. The topological polar surface area (TPSA) is 127 Å². The Labute approximate surface area is 206 Å². The van der Waals surface area contributed by atoms with Gasteiger partial charge < -0.3 is 21.1 Å². The highest BCUT2D eigenvalue weighted by Crippen LogP contribution is 2.33. The molecule has 0 spiro atoms. The van der Waals surface area contributed by atoms with E-state index in [9.17, 15) is 14.4 Å². The van der Waals surface area contributed by atoms with Crippen LogP contribution in [0.2, 0.25) is 0 Å². The molecular weight excluding hydrogens is 446 g/mol. The van der Waals surface area contributed by atoms with E-state index in [2.05, 4.69) is 15.6 Å². The Morgan fingerprint density at radius 2 is 1.86 bits per heavy atom. The average Bonchev–Trinajstić information content (AvgIpc) is 3.24. The van der Waals surface area contributed by atoms with Crippen LogP contribution in [0.25, 0.3) is 0 Å². The molecule has 1 aliphatic rings. The van der Waals surface area contributed by atoms with Crippen LogP contribution in [0, 0.1) is 6.92 Å². The van der Waals surface area contributed by atoms with Gasteiger partial charge in [-0.15, -0.1) is 0 Å². The largest absolute Gasteiger partial charge is 0.444 e. The van der Waals surface area contributed by atoms with Crippen LogP contribution in [0.4, 0.5) is 10.6 Å². The van der Waals surface area contributed by atoms with E-state index < -0.39 is 23.8 Å². The summed E-state index contributed by atoms with van der Waals surface area (Å²) in [5, 5.41) is 5.58. The standard InChI is InChI=1S/C26H35N5O4/c1-16-19(11-12-22(27)29-16)14-28-23(32)17(2)30-24(33)21-13-20(18-9-7-6-8-10-18)15-31(21)25(34)35-26(3,4)5/h6-12,17,20-21H,13-15H2,1-5H3,(H2,27,29)(H,28,32)(H,30,33). The molecule has 1 aromatic carbocycles. The molecule has 0 bridgehead atoms. The summed E-state index contributed by atoms with van der Waals surface area (Å²) in [7, 11) is 0. The van der Waals surface area contributed by atoms with Gasteiger partial charge in [0, 0.05) is 24.7 Å². The molecule has 3 unspecified atom stereocenters. The number of ether oxygens (including phenoxy) is 1. The zero-order chi connectivity index (χ0) is 25.8. The number of nitrogens with one attached hydrogen (secondary N) is 2. The minimum atomic E-state index is -0.791. The summed E-state index contributed by atoms with van der Waals surface area (Å²) in [6.45, 7) is 9.42. The molecule has 35 heavy (non-hydrogen) atoms. The van der Waals surface area contributed by atoms with Gasteiger partial charge in [-0.25, -0.2) is 9.78 Å². The lowest BCUT2D eigenvalue weighted by Crippen LogP contribution is -2.52. The fourth-order valence-electron chi connectivity index (χ4n) is 4.08. The molecule has 3 amide bonds. The van der Waals surface area contributed by atoms with Crippen molar-refractivity contribution in [1.29, 1.82) is 0 Å². The molecule has 1 fully saturated rings. The lowest BCUT2D eigenvalue weighted by molar-refractivity contribution is -0.131. The van der Waals surface area contributed by atoms with Crippen LogP contribution in [0.3, 0.4) is 0 Å². The number of anilines is 1. The highest BCUT2D eigenvalue weighted by molar-refractivity contribution is 5.91. The molecule has 0 aliphatic carbocycles. The van der Waals surface area contributed by atoms with Crippen LogP contribution in [0.1, 0.15) is 56.9 Å². The van der Waals surface area contributed by atoms with Crippen LogP contribution in [-0.4, -0.2) is 52.0 Å². The fourth-order valence-corrected chi connectivity index (χ4v) is 4.08. The lowest BCUT2D eigenvalue weighted by Gasteiger charge is -2.28. The van der Waals surface area contributed by atoms with Crippen molar-refractivity contribution in [3.05, 3.63) is 59.3 Å². The number of nitrogen functional groups attached to an aromatic ring is 1. The second kappa shape index (κ2) is 10.8. The zero-order valence-electron chi connectivity index (χ0n) is 21.0. The maximum absolute atomic E-state index is 13.2. The third-order valence-corrected chi connectivity index (χ3v) is 5.92. The van der Waals surface area contributed by atoms with Gasteiger partial charge in [0.25, 0.3) is 0 Å². The molecule has 3 rings (SSSR count). The number of amides is 3. The van der Waals surface area contributed by atoms with Crippen molar-refractivity contribution in [3.63, 3.8) is 0 Å². The first-order chi connectivity index (χ1) is 16.4. The summed E-state index contributed by atoms with van der Waals surface area (Å²) in [5.41, 5.74) is 7.60.